The maximum absolute atomic E-state index is 5.71. The summed E-state index contributed by atoms with van der Waals surface area (Å²) in [6.45, 7) is 0. The molecule has 76 valence electrons. The summed E-state index contributed by atoms with van der Waals surface area (Å²) < 4.78 is 1.19. The molecule has 2 rings (SSSR count). The SMILES string of the molecule is Nc1cncnc1Nc1ccc(I)cc1. The average molecular weight is 312 g/mol. The molecule has 0 saturated carbocycles. The van der Waals surface area contributed by atoms with Crippen LogP contribution in [-0.2, 0) is 0 Å². The number of rotatable bonds is 2. The molecule has 0 saturated heterocycles. The van der Waals surface area contributed by atoms with Gasteiger partial charge in [-0.05, 0) is 46.9 Å². The van der Waals surface area contributed by atoms with Crippen molar-refractivity contribution in [2.24, 2.45) is 0 Å². The van der Waals surface area contributed by atoms with Gasteiger partial charge in [-0.25, -0.2) is 9.97 Å². The van der Waals surface area contributed by atoms with Gasteiger partial charge in [0.1, 0.15) is 6.33 Å². The van der Waals surface area contributed by atoms with Crippen molar-refractivity contribution in [1.82, 2.24) is 9.97 Å². The molecule has 0 spiro atoms. The highest BCUT2D eigenvalue weighted by molar-refractivity contribution is 14.1. The summed E-state index contributed by atoms with van der Waals surface area (Å²) in [5, 5.41) is 3.12. The molecule has 15 heavy (non-hydrogen) atoms. The van der Waals surface area contributed by atoms with Crippen LogP contribution in [-0.4, -0.2) is 9.97 Å². The van der Waals surface area contributed by atoms with Crippen molar-refractivity contribution in [3.63, 3.8) is 0 Å². The lowest BCUT2D eigenvalue weighted by atomic mass is 10.3. The number of aromatic nitrogens is 2. The van der Waals surface area contributed by atoms with Gasteiger partial charge in [-0.1, -0.05) is 0 Å². The van der Waals surface area contributed by atoms with Gasteiger partial charge in [-0.15, -0.1) is 0 Å². The largest absolute Gasteiger partial charge is 0.394 e. The van der Waals surface area contributed by atoms with Gasteiger partial charge in [0.2, 0.25) is 0 Å². The zero-order valence-corrected chi connectivity index (χ0v) is 9.97. The van der Waals surface area contributed by atoms with Gasteiger partial charge in [0.15, 0.2) is 5.82 Å². The number of hydrogen-bond acceptors (Lipinski definition) is 4. The molecule has 1 heterocycles. The monoisotopic (exact) mass is 312 g/mol. The minimum absolute atomic E-state index is 0.538. The molecule has 4 nitrogen and oxygen atoms in total. The Morgan fingerprint density at radius 1 is 1.20 bits per heavy atom. The fourth-order valence-corrected chi connectivity index (χ4v) is 1.47. The molecule has 1 aromatic carbocycles. The minimum atomic E-state index is 0.538. The third-order valence-electron chi connectivity index (χ3n) is 1.85. The van der Waals surface area contributed by atoms with Crippen molar-refractivity contribution < 1.29 is 0 Å². The van der Waals surface area contributed by atoms with Crippen molar-refractivity contribution in [2.45, 2.75) is 0 Å². The molecule has 0 amide bonds. The summed E-state index contributed by atoms with van der Waals surface area (Å²) in [7, 11) is 0. The van der Waals surface area contributed by atoms with Crippen molar-refractivity contribution in [3.8, 4) is 0 Å². The maximum Gasteiger partial charge on any atom is 0.157 e. The van der Waals surface area contributed by atoms with Crippen molar-refractivity contribution in [2.75, 3.05) is 11.1 Å². The number of nitrogen functional groups attached to an aromatic ring is 1. The first kappa shape index (κ1) is 10.2. The van der Waals surface area contributed by atoms with Crippen LogP contribution in [0, 0.1) is 3.57 Å². The molecular formula is C10H9IN4. The maximum atomic E-state index is 5.71. The van der Waals surface area contributed by atoms with E-state index in [4.69, 9.17) is 5.73 Å². The standard InChI is InChI=1S/C10H9IN4/c11-7-1-3-8(4-2-7)15-10-9(12)5-13-6-14-10/h1-6H,12H2,(H,13,14,15). The molecule has 0 aliphatic heterocycles. The third-order valence-corrected chi connectivity index (χ3v) is 2.57. The number of nitrogens with two attached hydrogens (primary N) is 1. The predicted octanol–water partition coefficient (Wildman–Crippen LogP) is 2.41. The molecule has 0 atom stereocenters. The first-order valence-electron chi connectivity index (χ1n) is 4.34. The Kier molecular flexibility index (Phi) is 3.00. The summed E-state index contributed by atoms with van der Waals surface area (Å²) in [4.78, 5) is 7.87. The van der Waals surface area contributed by atoms with Gasteiger partial charge in [0, 0.05) is 9.26 Å². The summed E-state index contributed by atoms with van der Waals surface area (Å²) in [5.74, 6) is 0.631. The van der Waals surface area contributed by atoms with E-state index in [1.54, 1.807) is 6.20 Å². The molecule has 1 aromatic heterocycles. The second-order valence-electron chi connectivity index (χ2n) is 2.96. The molecule has 0 aliphatic carbocycles. The van der Waals surface area contributed by atoms with Gasteiger partial charge in [0.05, 0.1) is 11.9 Å². The van der Waals surface area contributed by atoms with Gasteiger partial charge in [-0.2, -0.15) is 0 Å². The number of benzene rings is 1. The molecular weight excluding hydrogens is 303 g/mol. The van der Waals surface area contributed by atoms with E-state index in [9.17, 15) is 0 Å². The smallest absolute Gasteiger partial charge is 0.157 e. The van der Waals surface area contributed by atoms with Crippen molar-refractivity contribution in [3.05, 3.63) is 40.4 Å². The van der Waals surface area contributed by atoms with E-state index in [1.165, 1.54) is 9.90 Å². The van der Waals surface area contributed by atoms with Gasteiger partial charge < -0.3 is 11.1 Å². The molecule has 2 aromatic rings. The summed E-state index contributed by atoms with van der Waals surface area (Å²) in [6, 6.07) is 7.98. The number of halogens is 1. The Morgan fingerprint density at radius 2 is 1.93 bits per heavy atom. The van der Waals surface area contributed by atoms with E-state index in [-0.39, 0.29) is 0 Å². The zero-order chi connectivity index (χ0) is 10.7. The quantitative estimate of drug-likeness (QED) is 0.836. The fraction of sp³-hybridized carbons (Fsp3) is 0. The molecule has 0 aliphatic rings. The Morgan fingerprint density at radius 3 is 2.60 bits per heavy atom. The zero-order valence-electron chi connectivity index (χ0n) is 7.81. The molecule has 0 fully saturated rings. The first-order chi connectivity index (χ1) is 7.25. The van der Waals surface area contributed by atoms with Gasteiger partial charge >= 0.3 is 0 Å². The van der Waals surface area contributed by atoms with E-state index in [0.717, 1.165) is 5.69 Å². The minimum Gasteiger partial charge on any atom is -0.394 e. The number of anilines is 3. The number of nitrogens with zero attached hydrogens (tertiary/aromatic N) is 2. The van der Waals surface area contributed by atoms with Crippen LogP contribution in [0.2, 0.25) is 0 Å². The molecule has 0 radical (unpaired) electrons. The average Bonchev–Trinajstić information content (AvgIpc) is 2.25. The number of hydrogen-bond donors (Lipinski definition) is 2. The summed E-state index contributed by atoms with van der Waals surface area (Å²) in [6.07, 6.45) is 3.04. The van der Waals surface area contributed by atoms with E-state index in [1.807, 2.05) is 24.3 Å². The van der Waals surface area contributed by atoms with Crippen LogP contribution < -0.4 is 11.1 Å². The van der Waals surface area contributed by atoms with Crippen molar-refractivity contribution >= 4 is 39.8 Å². The Labute approximate surface area is 101 Å². The van der Waals surface area contributed by atoms with E-state index >= 15 is 0 Å². The van der Waals surface area contributed by atoms with Crippen LogP contribution in [0.4, 0.5) is 17.2 Å². The summed E-state index contributed by atoms with van der Waals surface area (Å²) >= 11 is 2.26. The molecule has 0 bridgehead atoms. The Hall–Kier alpha value is -1.37. The highest BCUT2D eigenvalue weighted by Crippen LogP contribution is 2.19. The summed E-state index contributed by atoms with van der Waals surface area (Å²) in [5.41, 5.74) is 7.21. The van der Waals surface area contributed by atoms with Crippen LogP contribution in [0.1, 0.15) is 0 Å². The number of nitrogens with one attached hydrogen (secondary N) is 1. The van der Waals surface area contributed by atoms with Crippen LogP contribution >= 0.6 is 22.6 Å². The predicted molar refractivity (Wildman–Crippen MR) is 68.9 cm³/mol. The highest BCUT2D eigenvalue weighted by Gasteiger charge is 1.99. The lowest BCUT2D eigenvalue weighted by Crippen LogP contribution is -1.99. The Bertz CT molecular complexity index is 455. The van der Waals surface area contributed by atoms with Gasteiger partial charge in [0.25, 0.3) is 0 Å². The molecule has 5 heteroatoms. The van der Waals surface area contributed by atoms with Crippen LogP contribution in [0.5, 0.6) is 0 Å². The first-order valence-corrected chi connectivity index (χ1v) is 5.41. The van der Waals surface area contributed by atoms with Crippen LogP contribution in [0.25, 0.3) is 0 Å². The Balaban J connectivity index is 2.22. The van der Waals surface area contributed by atoms with Crippen LogP contribution in [0.3, 0.4) is 0 Å². The second-order valence-corrected chi connectivity index (χ2v) is 4.20. The van der Waals surface area contributed by atoms with E-state index < -0.39 is 0 Å². The lowest BCUT2D eigenvalue weighted by molar-refractivity contribution is 1.17. The van der Waals surface area contributed by atoms with E-state index in [2.05, 4.69) is 37.9 Å². The normalized spacial score (nSPS) is 9.93. The highest BCUT2D eigenvalue weighted by atomic mass is 127. The lowest BCUT2D eigenvalue weighted by Gasteiger charge is -2.06. The van der Waals surface area contributed by atoms with E-state index in [0.29, 0.717) is 11.5 Å². The van der Waals surface area contributed by atoms with Gasteiger partial charge in [-0.3, -0.25) is 0 Å². The third kappa shape index (κ3) is 2.56. The second kappa shape index (κ2) is 4.43. The molecule has 0 unspecified atom stereocenters. The fourth-order valence-electron chi connectivity index (χ4n) is 1.11. The molecule has 3 N–H and O–H groups in total. The topological polar surface area (TPSA) is 63.8 Å². The van der Waals surface area contributed by atoms with Crippen molar-refractivity contribution in [1.29, 1.82) is 0 Å². The van der Waals surface area contributed by atoms with Crippen LogP contribution in [0.15, 0.2) is 36.8 Å².